The zero-order valence-corrected chi connectivity index (χ0v) is 9.54. The van der Waals surface area contributed by atoms with Crippen molar-refractivity contribution < 1.29 is 24.2 Å². The second kappa shape index (κ2) is 6.51. The molecule has 0 bridgehead atoms. The highest BCUT2D eigenvalue weighted by Gasteiger charge is 2.17. The second-order valence-corrected chi connectivity index (χ2v) is 3.61. The molecular formula is C12H13NO5. The Kier molecular flexibility index (Phi) is 5.01. The van der Waals surface area contributed by atoms with E-state index in [4.69, 9.17) is 10.8 Å². The number of hydrogen-bond acceptors (Lipinski definition) is 5. The highest BCUT2D eigenvalue weighted by molar-refractivity contribution is 5.96. The number of carboxylic acids is 1. The average molecular weight is 251 g/mol. The standard InChI is InChI=1S/C12H13NO5/c13-9(11(15)16)6-7-10(14)18-12(17)8-4-2-1-3-5-8/h1-5,9H,6-7,13H2,(H,15,16). The number of carbonyl (C=O) groups excluding carboxylic acids is 2. The predicted molar refractivity (Wildman–Crippen MR) is 61.7 cm³/mol. The van der Waals surface area contributed by atoms with Gasteiger partial charge in [0.05, 0.1) is 5.56 Å². The van der Waals surface area contributed by atoms with E-state index >= 15 is 0 Å². The van der Waals surface area contributed by atoms with Crippen LogP contribution in [0.4, 0.5) is 0 Å². The molecule has 1 unspecified atom stereocenters. The molecule has 0 radical (unpaired) electrons. The molecule has 0 spiro atoms. The van der Waals surface area contributed by atoms with Crippen molar-refractivity contribution in [1.29, 1.82) is 0 Å². The van der Waals surface area contributed by atoms with Crippen LogP contribution in [0.25, 0.3) is 0 Å². The Bertz CT molecular complexity index is 443. The van der Waals surface area contributed by atoms with Crippen molar-refractivity contribution in [1.82, 2.24) is 0 Å². The van der Waals surface area contributed by atoms with Crippen LogP contribution in [0.5, 0.6) is 0 Å². The van der Waals surface area contributed by atoms with Gasteiger partial charge in [-0.3, -0.25) is 9.59 Å². The van der Waals surface area contributed by atoms with E-state index in [9.17, 15) is 14.4 Å². The van der Waals surface area contributed by atoms with Crippen LogP contribution in [-0.2, 0) is 14.3 Å². The molecule has 0 aromatic heterocycles. The molecule has 1 aromatic carbocycles. The number of ether oxygens (including phenoxy) is 1. The molecule has 1 rings (SSSR count). The molecule has 1 atom stereocenters. The highest BCUT2D eigenvalue weighted by atomic mass is 16.6. The number of carbonyl (C=O) groups is 3. The Hall–Kier alpha value is -2.21. The first-order valence-electron chi connectivity index (χ1n) is 5.29. The van der Waals surface area contributed by atoms with Crippen molar-refractivity contribution in [2.75, 3.05) is 0 Å². The maximum absolute atomic E-state index is 11.4. The van der Waals surface area contributed by atoms with Gasteiger partial charge < -0.3 is 15.6 Å². The lowest BCUT2D eigenvalue weighted by Crippen LogP contribution is -2.31. The summed E-state index contributed by atoms with van der Waals surface area (Å²) in [6.07, 6.45) is -0.289. The fourth-order valence-corrected chi connectivity index (χ4v) is 1.18. The van der Waals surface area contributed by atoms with Gasteiger partial charge >= 0.3 is 17.9 Å². The zero-order chi connectivity index (χ0) is 13.5. The molecule has 96 valence electrons. The summed E-state index contributed by atoms with van der Waals surface area (Å²) in [5, 5.41) is 8.51. The lowest BCUT2D eigenvalue weighted by atomic mass is 10.2. The van der Waals surface area contributed by atoms with E-state index in [1.54, 1.807) is 18.2 Å². The lowest BCUT2D eigenvalue weighted by molar-refractivity contribution is -0.140. The van der Waals surface area contributed by atoms with Crippen LogP contribution in [-0.4, -0.2) is 29.1 Å². The van der Waals surface area contributed by atoms with Gasteiger partial charge in [-0.1, -0.05) is 18.2 Å². The predicted octanol–water partition coefficient (Wildman–Crippen LogP) is 0.562. The molecule has 0 saturated carbocycles. The number of esters is 2. The van der Waals surface area contributed by atoms with E-state index < -0.39 is 23.9 Å². The third kappa shape index (κ3) is 4.34. The zero-order valence-electron chi connectivity index (χ0n) is 9.54. The Morgan fingerprint density at radius 2 is 1.83 bits per heavy atom. The number of carboxylic acid groups (broad SMARTS) is 1. The number of hydrogen-bond donors (Lipinski definition) is 2. The lowest BCUT2D eigenvalue weighted by Gasteiger charge is -2.05. The summed E-state index contributed by atoms with van der Waals surface area (Å²) in [6, 6.07) is 6.90. The van der Waals surface area contributed by atoms with Gasteiger partial charge in [-0.15, -0.1) is 0 Å². The van der Waals surface area contributed by atoms with Crippen LogP contribution in [0.1, 0.15) is 23.2 Å². The van der Waals surface area contributed by atoms with Crippen LogP contribution in [0.2, 0.25) is 0 Å². The Morgan fingerprint density at radius 3 is 2.39 bits per heavy atom. The molecular weight excluding hydrogens is 238 g/mol. The van der Waals surface area contributed by atoms with Crippen LogP contribution < -0.4 is 5.73 Å². The van der Waals surface area contributed by atoms with Gasteiger partial charge in [0.15, 0.2) is 0 Å². The molecule has 0 aliphatic carbocycles. The second-order valence-electron chi connectivity index (χ2n) is 3.61. The molecule has 6 heteroatoms. The smallest absolute Gasteiger partial charge is 0.345 e. The van der Waals surface area contributed by atoms with E-state index in [0.717, 1.165) is 0 Å². The van der Waals surface area contributed by atoms with Gasteiger partial charge in [0, 0.05) is 6.42 Å². The van der Waals surface area contributed by atoms with E-state index in [1.165, 1.54) is 12.1 Å². The van der Waals surface area contributed by atoms with E-state index in [-0.39, 0.29) is 18.4 Å². The normalized spacial score (nSPS) is 11.6. The van der Waals surface area contributed by atoms with Crippen LogP contribution in [0, 0.1) is 0 Å². The summed E-state index contributed by atoms with van der Waals surface area (Å²) in [5.74, 6) is -2.75. The third-order valence-corrected chi connectivity index (χ3v) is 2.19. The van der Waals surface area contributed by atoms with Crippen LogP contribution in [0.15, 0.2) is 30.3 Å². The van der Waals surface area contributed by atoms with Gasteiger partial charge in [-0.25, -0.2) is 4.79 Å². The van der Waals surface area contributed by atoms with Crippen LogP contribution >= 0.6 is 0 Å². The molecule has 0 heterocycles. The summed E-state index contributed by atoms with van der Waals surface area (Å²) in [4.78, 5) is 33.1. The molecule has 0 amide bonds. The Labute approximate surface area is 103 Å². The van der Waals surface area contributed by atoms with Crippen molar-refractivity contribution >= 4 is 17.9 Å². The average Bonchev–Trinajstić information content (AvgIpc) is 2.36. The molecule has 0 fully saturated rings. The first-order chi connectivity index (χ1) is 8.50. The summed E-state index contributed by atoms with van der Waals surface area (Å²) in [5.41, 5.74) is 5.47. The minimum absolute atomic E-state index is 0.0732. The maximum Gasteiger partial charge on any atom is 0.345 e. The highest BCUT2D eigenvalue weighted by Crippen LogP contribution is 2.04. The molecule has 0 aliphatic heterocycles. The SMILES string of the molecule is NC(CCC(=O)OC(=O)c1ccccc1)C(=O)O. The minimum atomic E-state index is -1.20. The summed E-state index contributed by atoms with van der Waals surface area (Å²) >= 11 is 0. The molecule has 0 saturated heterocycles. The maximum atomic E-state index is 11.4. The fraction of sp³-hybridized carbons (Fsp3) is 0.250. The van der Waals surface area contributed by atoms with Gasteiger partial charge in [0.2, 0.25) is 0 Å². The first-order valence-corrected chi connectivity index (χ1v) is 5.29. The quantitative estimate of drug-likeness (QED) is 0.585. The third-order valence-electron chi connectivity index (χ3n) is 2.19. The van der Waals surface area contributed by atoms with E-state index in [2.05, 4.69) is 4.74 Å². The van der Waals surface area contributed by atoms with Crippen LogP contribution in [0.3, 0.4) is 0 Å². The minimum Gasteiger partial charge on any atom is -0.480 e. The van der Waals surface area contributed by atoms with Crippen molar-refractivity contribution in [2.45, 2.75) is 18.9 Å². The monoisotopic (exact) mass is 251 g/mol. The van der Waals surface area contributed by atoms with Gasteiger partial charge in [-0.2, -0.15) is 0 Å². The summed E-state index contributed by atoms with van der Waals surface area (Å²) in [7, 11) is 0. The van der Waals surface area contributed by atoms with E-state index in [0.29, 0.717) is 0 Å². The van der Waals surface area contributed by atoms with Gasteiger partial charge in [-0.05, 0) is 18.6 Å². The Morgan fingerprint density at radius 1 is 1.22 bits per heavy atom. The van der Waals surface area contributed by atoms with Gasteiger partial charge in [0.1, 0.15) is 6.04 Å². The number of rotatable bonds is 5. The molecule has 0 aliphatic rings. The molecule has 18 heavy (non-hydrogen) atoms. The van der Waals surface area contributed by atoms with Gasteiger partial charge in [0.25, 0.3) is 0 Å². The van der Waals surface area contributed by atoms with Crippen molar-refractivity contribution in [3.05, 3.63) is 35.9 Å². The van der Waals surface area contributed by atoms with Crippen molar-refractivity contribution in [2.24, 2.45) is 5.73 Å². The fourth-order valence-electron chi connectivity index (χ4n) is 1.18. The topological polar surface area (TPSA) is 107 Å². The van der Waals surface area contributed by atoms with Crippen molar-refractivity contribution in [3.63, 3.8) is 0 Å². The first kappa shape index (κ1) is 13.9. The van der Waals surface area contributed by atoms with E-state index in [1.807, 2.05) is 0 Å². The van der Waals surface area contributed by atoms with Crippen molar-refractivity contribution in [3.8, 4) is 0 Å². The molecule has 6 nitrogen and oxygen atoms in total. The largest absolute Gasteiger partial charge is 0.480 e. The number of aliphatic carboxylic acids is 1. The summed E-state index contributed by atoms with van der Waals surface area (Å²) in [6.45, 7) is 0. The molecule has 1 aromatic rings. The number of nitrogens with two attached hydrogens (primary N) is 1. The molecule has 3 N–H and O–H groups in total. The number of benzene rings is 1. The summed E-state index contributed by atoms with van der Waals surface area (Å²) < 4.78 is 4.54. The Balaban J connectivity index is 2.41.